The second-order valence-electron chi connectivity index (χ2n) is 7.36. The van der Waals surface area contributed by atoms with Crippen molar-refractivity contribution in [1.29, 1.82) is 0 Å². The Balaban J connectivity index is 1.45. The largest absolute Gasteiger partial charge is 0.368 e. The third kappa shape index (κ3) is 3.26. The molecule has 2 aromatic rings. The molecule has 24 heavy (non-hydrogen) atoms. The van der Waals surface area contributed by atoms with Crippen LogP contribution in [-0.4, -0.2) is 55.2 Å². The molecule has 2 fully saturated rings. The molecular weight excluding hydrogens is 296 g/mol. The number of hydrogen-bond acceptors (Lipinski definition) is 4. The highest BCUT2D eigenvalue weighted by molar-refractivity contribution is 5.93. The van der Waals surface area contributed by atoms with Crippen molar-refractivity contribution in [2.24, 2.45) is 5.92 Å². The second-order valence-corrected chi connectivity index (χ2v) is 7.36. The van der Waals surface area contributed by atoms with Crippen LogP contribution in [0.1, 0.15) is 19.8 Å². The molecule has 1 aromatic carbocycles. The minimum atomic E-state index is 0.616. The van der Waals surface area contributed by atoms with Gasteiger partial charge in [-0.3, -0.25) is 9.88 Å². The molecule has 0 spiro atoms. The second kappa shape index (κ2) is 7.08. The van der Waals surface area contributed by atoms with E-state index in [0.29, 0.717) is 6.04 Å². The molecular formula is C20H28N4. The smallest absolute Gasteiger partial charge is 0.0448 e. The van der Waals surface area contributed by atoms with Gasteiger partial charge >= 0.3 is 0 Å². The number of piperazine rings is 1. The number of hydrogen-bond donors (Lipinski definition) is 1. The third-order valence-corrected chi connectivity index (χ3v) is 5.71. The molecule has 2 saturated heterocycles. The van der Waals surface area contributed by atoms with Crippen molar-refractivity contribution in [1.82, 2.24) is 15.2 Å². The van der Waals surface area contributed by atoms with Gasteiger partial charge in [0.1, 0.15) is 0 Å². The quantitative estimate of drug-likeness (QED) is 0.941. The molecule has 1 atom stereocenters. The Morgan fingerprint density at radius 3 is 2.88 bits per heavy atom. The van der Waals surface area contributed by atoms with E-state index in [-0.39, 0.29) is 0 Å². The number of rotatable bonds is 3. The Hall–Kier alpha value is -1.65. The Morgan fingerprint density at radius 1 is 1.17 bits per heavy atom. The number of piperidine rings is 1. The molecule has 4 nitrogen and oxygen atoms in total. The Morgan fingerprint density at radius 2 is 2.04 bits per heavy atom. The van der Waals surface area contributed by atoms with Crippen LogP contribution in [0.15, 0.2) is 36.7 Å². The van der Waals surface area contributed by atoms with Crippen LogP contribution in [0.3, 0.4) is 0 Å². The van der Waals surface area contributed by atoms with E-state index in [1.807, 2.05) is 12.4 Å². The lowest BCUT2D eigenvalue weighted by Crippen LogP contribution is -2.53. The van der Waals surface area contributed by atoms with Crippen LogP contribution in [0.4, 0.5) is 5.69 Å². The maximum absolute atomic E-state index is 4.26. The summed E-state index contributed by atoms with van der Waals surface area (Å²) in [5, 5.41) is 6.04. The van der Waals surface area contributed by atoms with Crippen LogP contribution in [0, 0.1) is 5.92 Å². The number of nitrogens with zero attached hydrogens (tertiary/aromatic N) is 3. The molecule has 0 aliphatic carbocycles. The van der Waals surface area contributed by atoms with Crippen molar-refractivity contribution < 1.29 is 0 Å². The predicted molar refractivity (Wildman–Crippen MR) is 101 cm³/mol. The number of aromatic nitrogens is 1. The number of nitrogens with one attached hydrogen (secondary N) is 1. The van der Waals surface area contributed by atoms with Crippen LogP contribution in [0.2, 0.25) is 0 Å². The van der Waals surface area contributed by atoms with Gasteiger partial charge in [0.15, 0.2) is 0 Å². The first kappa shape index (κ1) is 15.9. The molecule has 2 aliphatic rings. The fourth-order valence-corrected chi connectivity index (χ4v) is 4.26. The molecule has 4 rings (SSSR count). The van der Waals surface area contributed by atoms with E-state index in [1.165, 1.54) is 55.5 Å². The Bertz CT molecular complexity index is 675. The SMILES string of the molecule is CC1CN(c2cccc3cnccc23)CCN1CC1CCNCC1. The predicted octanol–water partition coefficient (Wildman–Crippen LogP) is 2.74. The Kier molecular flexibility index (Phi) is 4.67. The summed E-state index contributed by atoms with van der Waals surface area (Å²) >= 11 is 0. The molecule has 4 heteroatoms. The summed E-state index contributed by atoms with van der Waals surface area (Å²) in [5.74, 6) is 0.879. The molecule has 2 aliphatic heterocycles. The van der Waals surface area contributed by atoms with E-state index in [2.05, 4.69) is 51.3 Å². The zero-order chi connectivity index (χ0) is 16.4. The average Bonchev–Trinajstić information content (AvgIpc) is 2.64. The molecule has 1 N–H and O–H groups in total. The molecule has 0 saturated carbocycles. The van der Waals surface area contributed by atoms with Gasteiger partial charge in [0.2, 0.25) is 0 Å². The van der Waals surface area contributed by atoms with Crippen LogP contribution in [0.25, 0.3) is 10.8 Å². The molecule has 128 valence electrons. The summed E-state index contributed by atoms with van der Waals surface area (Å²) in [6.07, 6.45) is 6.55. The van der Waals surface area contributed by atoms with Crippen molar-refractivity contribution in [2.75, 3.05) is 44.2 Å². The first-order chi connectivity index (χ1) is 11.8. The molecule has 3 heterocycles. The van der Waals surface area contributed by atoms with Gasteiger partial charge < -0.3 is 10.2 Å². The van der Waals surface area contributed by atoms with Gasteiger partial charge in [-0.25, -0.2) is 0 Å². The zero-order valence-electron chi connectivity index (χ0n) is 14.6. The van der Waals surface area contributed by atoms with E-state index in [1.54, 1.807) is 0 Å². The van der Waals surface area contributed by atoms with Gasteiger partial charge in [-0.2, -0.15) is 0 Å². The minimum absolute atomic E-state index is 0.616. The van der Waals surface area contributed by atoms with E-state index in [4.69, 9.17) is 0 Å². The lowest BCUT2D eigenvalue weighted by molar-refractivity contribution is 0.147. The summed E-state index contributed by atoms with van der Waals surface area (Å²) in [6, 6.07) is 9.34. The van der Waals surface area contributed by atoms with Crippen LogP contribution >= 0.6 is 0 Å². The van der Waals surface area contributed by atoms with Crippen LogP contribution < -0.4 is 10.2 Å². The summed E-state index contributed by atoms with van der Waals surface area (Å²) in [5.41, 5.74) is 1.36. The van der Waals surface area contributed by atoms with Crippen molar-refractivity contribution in [2.45, 2.75) is 25.8 Å². The zero-order valence-corrected chi connectivity index (χ0v) is 14.6. The summed E-state index contributed by atoms with van der Waals surface area (Å²) in [7, 11) is 0. The number of fused-ring (bicyclic) bond motifs is 1. The summed E-state index contributed by atoms with van der Waals surface area (Å²) in [6.45, 7) is 9.47. The van der Waals surface area contributed by atoms with Crippen molar-refractivity contribution in [3.63, 3.8) is 0 Å². The fraction of sp³-hybridized carbons (Fsp3) is 0.550. The topological polar surface area (TPSA) is 31.4 Å². The molecule has 0 bridgehead atoms. The van der Waals surface area contributed by atoms with Crippen molar-refractivity contribution in [3.05, 3.63) is 36.7 Å². The van der Waals surface area contributed by atoms with Gasteiger partial charge in [0.25, 0.3) is 0 Å². The highest BCUT2D eigenvalue weighted by Crippen LogP contribution is 2.28. The number of anilines is 1. The first-order valence-electron chi connectivity index (χ1n) is 9.34. The standard InChI is InChI=1S/C20H28N4/c1-16-14-24(12-11-23(16)15-17-5-8-21-9-6-17)20-4-2-3-18-13-22-10-7-19(18)20/h2-4,7,10,13,16-17,21H,5-6,8-9,11-12,14-15H2,1H3. The van der Waals surface area contributed by atoms with E-state index < -0.39 is 0 Å². The summed E-state index contributed by atoms with van der Waals surface area (Å²) < 4.78 is 0. The van der Waals surface area contributed by atoms with Crippen molar-refractivity contribution in [3.8, 4) is 0 Å². The molecule has 1 aromatic heterocycles. The lowest BCUT2D eigenvalue weighted by atomic mass is 9.96. The van der Waals surface area contributed by atoms with Crippen LogP contribution in [0.5, 0.6) is 0 Å². The average molecular weight is 324 g/mol. The third-order valence-electron chi connectivity index (χ3n) is 5.71. The lowest BCUT2D eigenvalue weighted by Gasteiger charge is -2.43. The van der Waals surface area contributed by atoms with E-state index in [0.717, 1.165) is 19.0 Å². The van der Waals surface area contributed by atoms with E-state index in [9.17, 15) is 0 Å². The van der Waals surface area contributed by atoms with E-state index >= 15 is 0 Å². The Labute approximate surface area is 144 Å². The van der Waals surface area contributed by atoms with Gasteiger partial charge in [0, 0.05) is 61.1 Å². The van der Waals surface area contributed by atoms with Crippen molar-refractivity contribution >= 4 is 16.5 Å². The minimum Gasteiger partial charge on any atom is -0.368 e. The molecule has 0 amide bonds. The highest BCUT2D eigenvalue weighted by Gasteiger charge is 2.27. The maximum Gasteiger partial charge on any atom is 0.0448 e. The highest BCUT2D eigenvalue weighted by atomic mass is 15.3. The maximum atomic E-state index is 4.26. The first-order valence-corrected chi connectivity index (χ1v) is 9.34. The fourth-order valence-electron chi connectivity index (χ4n) is 4.26. The van der Waals surface area contributed by atoms with Gasteiger partial charge in [-0.05, 0) is 50.9 Å². The van der Waals surface area contributed by atoms with Gasteiger partial charge in [-0.1, -0.05) is 12.1 Å². The van der Waals surface area contributed by atoms with Gasteiger partial charge in [0.05, 0.1) is 0 Å². The number of pyridine rings is 1. The van der Waals surface area contributed by atoms with Crippen LogP contribution in [-0.2, 0) is 0 Å². The summed E-state index contributed by atoms with van der Waals surface area (Å²) in [4.78, 5) is 9.53. The number of benzene rings is 1. The van der Waals surface area contributed by atoms with Gasteiger partial charge in [-0.15, -0.1) is 0 Å². The molecule has 0 radical (unpaired) electrons. The monoisotopic (exact) mass is 324 g/mol. The normalized spacial score (nSPS) is 23.7. The molecule has 1 unspecified atom stereocenters.